The van der Waals surface area contributed by atoms with Crippen LogP contribution in [0.3, 0.4) is 0 Å². The summed E-state index contributed by atoms with van der Waals surface area (Å²) in [6.45, 7) is 0.466. The molecule has 8 heteroatoms. The van der Waals surface area contributed by atoms with Crippen LogP contribution in [0.2, 0.25) is 0 Å². The van der Waals surface area contributed by atoms with E-state index in [0.717, 1.165) is 27.8 Å². The van der Waals surface area contributed by atoms with E-state index in [1.165, 1.54) is 0 Å². The minimum Gasteiger partial charge on any atom is -0.479 e. The lowest BCUT2D eigenvalue weighted by atomic mass is 9.93. The Bertz CT molecular complexity index is 1080. The molecule has 0 bridgehead atoms. The van der Waals surface area contributed by atoms with E-state index in [1.807, 2.05) is 48.5 Å². The van der Waals surface area contributed by atoms with Crippen LogP contribution in [-0.2, 0) is 16.0 Å². The first-order chi connectivity index (χ1) is 16.1. The normalized spacial score (nSPS) is 30.4. The number of nitrogens with zero attached hydrogens (tertiary/aromatic N) is 1. The van der Waals surface area contributed by atoms with E-state index in [4.69, 9.17) is 4.74 Å². The zero-order chi connectivity index (χ0) is 24.6. The molecule has 0 radical (unpaired) electrons. The minimum absolute atomic E-state index is 0.0738. The lowest BCUT2D eigenvalue weighted by Crippen LogP contribution is -2.68. The van der Waals surface area contributed by atoms with E-state index < -0.39 is 42.7 Å². The predicted octanol–water partition coefficient (Wildman–Crippen LogP) is 1.07. The summed E-state index contributed by atoms with van der Waals surface area (Å²) in [7, 11) is 3.57. The number of aliphatic hydroxyl groups excluding tert-OH is 4. The van der Waals surface area contributed by atoms with Gasteiger partial charge in [-0.05, 0) is 27.8 Å². The highest BCUT2D eigenvalue weighted by Gasteiger charge is 2.52. The SMILES string of the molecule is C[N+](C)(CC/C=C1/c2ccccc2CC(O)c2ccccc21)[C@@H]1O[C@H](C(=O)O)[C@@H](O)[C@H](O)[C@H]1O. The van der Waals surface area contributed by atoms with Crippen molar-refractivity contribution < 1.29 is 39.5 Å². The topological polar surface area (TPSA) is 127 Å². The second-order valence-corrected chi connectivity index (χ2v) is 9.63. The molecule has 182 valence electrons. The molecule has 2 aromatic rings. The van der Waals surface area contributed by atoms with Gasteiger partial charge in [-0.1, -0.05) is 54.6 Å². The van der Waals surface area contributed by atoms with Crippen LogP contribution in [0.5, 0.6) is 0 Å². The molecule has 0 saturated carbocycles. The van der Waals surface area contributed by atoms with E-state index in [9.17, 15) is 30.3 Å². The van der Waals surface area contributed by atoms with Crippen LogP contribution >= 0.6 is 0 Å². The van der Waals surface area contributed by atoms with Gasteiger partial charge in [0.1, 0.15) is 12.2 Å². The van der Waals surface area contributed by atoms with Crippen molar-refractivity contribution in [2.24, 2.45) is 0 Å². The fourth-order valence-corrected chi connectivity index (χ4v) is 4.99. The molecule has 1 unspecified atom stereocenters. The van der Waals surface area contributed by atoms with Crippen LogP contribution < -0.4 is 0 Å². The average Bonchev–Trinajstić information content (AvgIpc) is 2.92. The van der Waals surface area contributed by atoms with Gasteiger partial charge in [0.05, 0.1) is 26.7 Å². The Labute approximate surface area is 198 Å². The molecule has 0 amide bonds. The summed E-state index contributed by atoms with van der Waals surface area (Å²) in [5.74, 6) is -1.39. The van der Waals surface area contributed by atoms with Gasteiger partial charge in [-0.15, -0.1) is 0 Å². The van der Waals surface area contributed by atoms with E-state index in [-0.39, 0.29) is 4.48 Å². The molecule has 1 aliphatic heterocycles. The summed E-state index contributed by atoms with van der Waals surface area (Å²) in [6, 6.07) is 15.8. The third kappa shape index (κ3) is 4.53. The maximum atomic E-state index is 11.5. The van der Waals surface area contributed by atoms with Crippen LogP contribution in [0.25, 0.3) is 5.57 Å². The van der Waals surface area contributed by atoms with Gasteiger partial charge in [0.25, 0.3) is 0 Å². The van der Waals surface area contributed by atoms with Gasteiger partial charge in [-0.25, -0.2) is 4.79 Å². The van der Waals surface area contributed by atoms with Gasteiger partial charge in [0.15, 0.2) is 12.2 Å². The number of carboxylic acid groups (broad SMARTS) is 1. The average molecular weight is 471 g/mol. The highest BCUT2D eigenvalue weighted by molar-refractivity contribution is 5.84. The summed E-state index contributed by atoms with van der Waals surface area (Å²) < 4.78 is 5.63. The molecule has 1 saturated heterocycles. The molecule has 2 aromatic carbocycles. The first-order valence-corrected chi connectivity index (χ1v) is 11.4. The molecule has 0 aromatic heterocycles. The number of aliphatic hydroxyl groups is 4. The van der Waals surface area contributed by atoms with Crippen molar-refractivity contribution in [3.05, 3.63) is 76.9 Å². The molecule has 4 rings (SSSR count). The Morgan fingerprint density at radius 3 is 2.32 bits per heavy atom. The first kappa shape index (κ1) is 24.5. The number of benzene rings is 2. The maximum Gasteiger partial charge on any atom is 0.335 e. The van der Waals surface area contributed by atoms with Crippen LogP contribution in [0, 0.1) is 0 Å². The number of quaternary nitrogens is 1. The minimum atomic E-state index is -1.71. The zero-order valence-electron chi connectivity index (χ0n) is 19.3. The van der Waals surface area contributed by atoms with Gasteiger partial charge < -0.3 is 34.8 Å². The van der Waals surface area contributed by atoms with E-state index >= 15 is 0 Å². The Morgan fingerprint density at radius 2 is 1.62 bits per heavy atom. The molecule has 0 spiro atoms. The van der Waals surface area contributed by atoms with Crippen molar-refractivity contribution in [1.82, 2.24) is 0 Å². The van der Waals surface area contributed by atoms with E-state index in [2.05, 4.69) is 6.08 Å². The van der Waals surface area contributed by atoms with Gasteiger partial charge in [0, 0.05) is 12.8 Å². The third-order valence-corrected chi connectivity index (χ3v) is 6.91. The monoisotopic (exact) mass is 470 g/mol. The summed E-state index contributed by atoms with van der Waals surface area (Å²) in [6.07, 6.45) is -4.88. The summed E-state index contributed by atoms with van der Waals surface area (Å²) in [5.41, 5.74) is 4.94. The number of carboxylic acids is 1. The number of carbonyl (C=O) groups is 1. The van der Waals surface area contributed by atoms with Crippen molar-refractivity contribution in [3.63, 3.8) is 0 Å². The fourth-order valence-electron chi connectivity index (χ4n) is 4.99. The quantitative estimate of drug-likeness (QED) is 0.414. The molecular weight excluding hydrogens is 438 g/mol. The van der Waals surface area contributed by atoms with Crippen LogP contribution in [0.4, 0.5) is 0 Å². The lowest BCUT2D eigenvalue weighted by molar-refractivity contribution is -0.944. The molecule has 1 heterocycles. The maximum absolute atomic E-state index is 11.5. The molecule has 2 aliphatic rings. The van der Waals surface area contributed by atoms with Gasteiger partial charge in [0.2, 0.25) is 6.23 Å². The Balaban J connectivity index is 1.62. The number of rotatable bonds is 5. The molecule has 1 fully saturated rings. The number of likely N-dealkylation sites (N-methyl/N-ethyl adjacent to an activating group) is 1. The van der Waals surface area contributed by atoms with Crippen LogP contribution in [-0.4, -0.2) is 87.3 Å². The number of fused-ring (bicyclic) bond motifs is 2. The van der Waals surface area contributed by atoms with Crippen molar-refractivity contribution in [2.45, 2.75) is 49.6 Å². The van der Waals surface area contributed by atoms with Gasteiger partial charge in [-0.3, -0.25) is 0 Å². The van der Waals surface area contributed by atoms with Crippen LogP contribution in [0.1, 0.15) is 34.8 Å². The standard InChI is InChI=1S/C26H31NO7/c1-27(2,25-23(31)21(29)22(30)24(34-25)26(32)33)13-7-12-17-16-9-4-3-8-15(16)14-20(28)19-11-6-5-10-18(17)19/h3-6,8-12,20-25,28-31H,7,13-14H2,1-2H3/p+1/b17-12-/t20?,21-,22-,23+,24-,25+/m0/s1. The summed E-state index contributed by atoms with van der Waals surface area (Å²) in [5, 5.41) is 50.9. The van der Waals surface area contributed by atoms with Gasteiger partial charge >= 0.3 is 5.97 Å². The summed E-state index contributed by atoms with van der Waals surface area (Å²) in [4.78, 5) is 11.5. The second kappa shape index (κ2) is 9.58. The van der Waals surface area contributed by atoms with Crippen molar-refractivity contribution in [2.75, 3.05) is 20.6 Å². The van der Waals surface area contributed by atoms with Crippen molar-refractivity contribution in [3.8, 4) is 0 Å². The highest BCUT2D eigenvalue weighted by Crippen LogP contribution is 2.38. The molecule has 6 atom stereocenters. The molecule has 34 heavy (non-hydrogen) atoms. The Hall–Kier alpha value is -2.59. The summed E-state index contributed by atoms with van der Waals surface area (Å²) >= 11 is 0. The zero-order valence-corrected chi connectivity index (χ0v) is 19.3. The van der Waals surface area contributed by atoms with Gasteiger partial charge in [-0.2, -0.15) is 0 Å². The first-order valence-electron chi connectivity index (χ1n) is 11.4. The van der Waals surface area contributed by atoms with E-state index in [1.54, 1.807) is 14.1 Å². The molecule has 5 N–H and O–H groups in total. The largest absolute Gasteiger partial charge is 0.479 e. The predicted molar refractivity (Wildman–Crippen MR) is 125 cm³/mol. The Morgan fingerprint density at radius 1 is 0.971 bits per heavy atom. The molecular formula is C26H32NO7+. The second-order valence-electron chi connectivity index (χ2n) is 9.63. The van der Waals surface area contributed by atoms with Crippen molar-refractivity contribution >= 4 is 11.5 Å². The van der Waals surface area contributed by atoms with Crippen LogP contribution in [0.15, 0.2) is 54.6 Å². The fraction of sp³-hybridized carbons (Fsp3) is 0.423. The highest BCUT2D eigenvalue weighted by atomic mass is 16.6. The number of aliphatic carboxylic acids is 1. The van der Waals surface area contributed by atoms with E-state index in [0.29, 0.717) is 19.4 Å². The number of ether oxygens (including phenoxy) is 1. The van der Waals surface area contributed by atoms with Crippen molar-refractivity contribution in [1.29, 1.82) is 0 Å². The lowest BCUT2D eigenvalue weighted by Gasteiger charge is -2.46. The number of hydrogen-bond acceptors (Lipinski definition) is 6. The molecule has 8 nitrogen and oxygen atoms in total. The smallest absolute Gasteiger partial charge is 0.335 e. The number of hydrogen-bond donors (Lipinski definition) is 5. The third-order valence-electron chi connectivity index (χ3n) is 6.91. The molecule has 1 aliphatic carbocycles. The Kier molecular flexibility index (Phi) is 6.91.